The van der Waals surface area contributed by atoms with E-state index in [4.69, 9.17) is 5.11 Å². The molecule has 0 saturated heterocycles. The summed E-state index contributed by atoms with van der Waals surface area (Å²) in [5, 5.41) is 12.0. The minimum Gasteiger partial charge on any atom is -0.508 e. The molecule has 3 heteroatoms. The Morgan fingerprint density at radius 3 is 2.18 bits per heavy atom. The molecule has 0 spiro atoms. The highest BCUT2D eigenvalue weighted by molar-refractivity contribution is 5.92. The number of anilines is 1. The molecule has 1 aromatic carbocycles. The number of amides is 1. The Morgan fingerprint density at radius 1 is 1.18 bits per heavy atom. The van der Waals surface area contributed by atoms with Crippen molar-refractivity contribution < 1.29 is 9.90 Å². The van der Waals surface area contributed by atoms with Gasteiger partial charge in [0.2, 0.25) is 5.91 Å². The largest absolute Gasteiger partial charge is 0.508 e. The number of aromatic hydroxyl groups is 1. The molecule has 17 heavy (non-hydrogen) atoms. The zero-order valence-corrected chi connectivity index (χ0v) is 10.6. The third-order valence-electron chi connectivity index (χ3n) is 2.78. The van der Waals surface area contributed by atoms with Crippen LogP contribution < -0.4 is 5.32 Å². The number of hydrogen-bond acceptors (Lipinski definition) is 2. The summed E-state index contributed by atoms with van der Waals surface area (Å²) < 4.78 is 0. The average molecular weight is 235 g/mol. The first kappa shape index (κ1) is 13.6. The maximum atomic E-state index is 12.0. The van der Waals surface area contributed by atoms with Crippen molar-refractivity contribution in [2.75, 3.05) is 5.32 Å². The molecular formula is C14H21NO2. The van der Waals surface area contributed by atoms with Gasteiger partial charge in [0.15, 0.2) is 0 Å². The predicted octanol–water partition coefficient (Wildman–Crippen LogP) is 3.55. The second-order valence-electron chi connectivity index (χ2n) is 4.31. The summed E-state index contributed by atoms with van der Waals surface area (Å²) in [6.45, 7) is 4.19. The highest BCUT2D eigenvalue weighted by Crippen LogP contribution is 2.18. The lowest BCUT2D eigenvalue weighted by atomic mass is 9.97. The monoisotopic (exact) mass is 235 g/mol. The Labute approximate surface area is 103 Å². The van der Waals surface area contributed by atoms with E-state index in [-0.39, 0.29) is 17.6 Å². The van der Waals surface area contributed by atoms with Crippen LogP contribution in [0.1, 0.15) is 39.5 Å². The van der Waals surface area contributed by atoms with Gasteiger partial charge in [0.25, 0.3) is 0 Å². The van der Waals surface area contributed by atoms with Crippen LogP contribution in [0.3, 0.4) is 0 Å². The Morgan fingerprint density at radius 2 is 1.71 bits per heavy atom. The van der Waals surface area contributed by atoms with Crippen LogP contribution in [0.5, 0.6) is 5.75 Å². The van der Waals surface area contributed by atoms with E-state index in [1.807, 2.05) is 0 Å². The van der Waals surface area contributed by atoms with Gasteiger partial charge >= 0.3 is 0 Å². The maximum absolute atomic E-state index is 12.0. The van der Waals surface area contributed by atoms with Gasteiger partial charge in [-0.05, 0) is 37.1 Å². The highest BCUT2D eigenvalue weighted by Gasteiger charge is 2.16. The molecule has 0 aromatic heterocycles. The first-order valence-corrected chi connectivity index (χ1v) is 6.27. The van der Waals surface area contributed by atoms with Crippen LogP contribution in [0, 0.1) is 5.92 Å². The standard InChI is InChI=1S/C14H21NO2/c1-3-5-11(6-4-2)14(17)15-12-7-9-13(16)10-8-12/h7-11,16H,3-6H2,1-2H3,(H,15,17). The fourth-order valence-corrected chi connectivity index (χ4v) is 1.89. The van der Waals surface area contributed by atoms with E-state index in [0.29, 0.717) is 0 Å². The fraction of sp³-hybridized carbons (Fsp3) is 0.500. The molecule has 0 aliphatic rings. The smallest absolute Gasteiger partial charge is 0.227 e. The van der Waals surface area contributed by atoms with Crippen LogP contribution >= 0.6 is 0 Å². The van der Waals surface area contributed by atoms with Gasteiger partial charge in [-0.1, -0.05) is 26.7 Å². The molecule has 1 aromatic rings. The second kappa shape index (κ2) is 6.94. The minimum atomic E-state index is 0.0828. The number of hydrogen-bond donors (Lipinski definition) is 2. The molecule has 0 aliphatic heterocycles. The van der Waals surface area contributed by atoms with Gasteiger partial charge in [-0.25, -0.2) is 0 Å². The van der Waals surface area contributed by atoms with Crippen LogP contribution in [0.25, 0.3) is 0 Å². The molecule has 3 nitrogen and oxygen atoms in total. The number of benzene rings is 1. The quantitative estimate of drug-likeness (QED) is 0.741. The summed E-state index contributed by atoms with van der Waals surface area (Å²) in [6, 6.07) is 6.57. The Bertz CT molecular complexity index is 340. The van der Waals surface area contributed by atoms with Gasteiger partial charge < -0.3 is 10.4 Å². The molecule has 1 amide bonds. The van der Waals surface area contributed by atoms with Gasteiger partial charge in [0.1, 0.15) is 5.75 Å². The van der Waals surface area contributed by atoms with Crippen LogP contribution in [0.15, 0.2) is 24.3 Å². The van der Waals surface area contributed by atoms with Crippen LogP contribution in [-0.2, 0) is 4.79 Å². The molecule has 0 bridgehead atoms. The fourth-order valence-electron chi connectivity index (χ4n) is 1.89. The lowest BCUT2D eigenvalue weighted by Crippen LogP contribution is -2.22. The van der Waals surface area contributed by atoms with Gasteiger partial charge in [-0.3, -0.25) is 4.79 Å². The topological polar surface area (TPSA) is 49.3 Å². The Balaban J connectivity index is 2.59. The molecule has 0 saturated carbocycles. The van der Waals surface area contributed by atoms with Crippen molar-refractivity contribution in [3.63, 3.8) is 0 Å². The van der Waals surface area contributed by atoms with Crippen LogP contribution in [-0.4, -0.2) is 11.0 Å². The lowest BCUT2D eigenvalue weighted by Gasteiger charge is -2.15. The van der Waals surface area contributed by atoms with Gasteiger partial charge in [0, 0.05) is 11.6 Å². The Hall–Kier alpha value is -1.51. The molecule has 0 radical (unpaired) electrons. The Kier molecular flexibility index (Phi) is 5.53. The molecule has 0 unspecified atom stereocenters. The highest BCUT2D eigenvalue weighted by atomic mass is 16.3. The van der Waals surface area contributed by atoms with E-state index >= 15 is 0 Å². The van der Waals surface area contributed by atoms with E-state index in [0.717, 1.165) is 31.4 Å². The van der Waals surface area contributed by atoms with Crippen molar-refractivity contribution >= 4 is 11.6 Å². The third kappa shape index (κ3) is 4.47. The number of carbonyl (C=O) groups excluding carboxylic acids is 1. The molecule has 1 rings (SSSR count). The molecule has 94 valence electrons. The van der Waals surface area contributed by atoms with Gasteiger partial charge in [0.05, 0.1) is 0 Å². The van der Waals surface area contributed by atoms with E-state index in [2.05, 4.69) is 19.2 Å². The summed E-state index contributed by atoms with van der Waals surface area (Å²) >= 11 is 0. The third-order valence-corrected chi connectivity index (χ3v) is 2.78. The molecule has 2 N–H and O–H groups in total. The normalized spacial score (nSPS) is 10.5. The second-order valence-corrected chi connectivity index (χ2v) is 4.31. The van der Waals surface area contributed by atoms with Crippen molar-refractivity contribution in [2.45, 2.75) is 39.5 Å². The summed E-state index contributed by atoms with van der Waals surface area (Å²) in [7, 11) is 0. The minimum absolute atomic E-state index is 0.0828. The number of phenolic OH excluding ortho intramolecular Hbond substituents is 1. The van der Waals surface area contributed by atoms with Crippen molar-refractivity contribution in [1.82, 2.24) is 0 Å². The predicted molar refractivity (Wildman–Crippen MR) is 70.0 cm³/mol. The van der Waals surface area contributed by atoms with Crippen molar-refractivity contribution in [2.24, 2.45) is 5.92 Å². The van der Waals surface area contributed by atoms with E-state index in [1.54, 1.807) is 24.3 Å². The number of rotatable bonds is 6. The van der Waals surface area contributed by atoms with E-state index < -0.39 is 0 Å². The van der Waals surface area contributed by atoms with Crippen LogP contribution in [0.2, 0.25) is 0 Å². The molecular weight excluding hydrogens is 214 g/mol. The van der Waals surface area contributed by atoms with E-state index in [1.165, 1.54) is 0 Å². The number of carbonyl (C=O) groups is 1. The summed E-state index contributed by atoms with van der Waals surface area (Å²) in [6.07, 6.45) is 3.90. The van der Waals surface area contributed by atoms with Gasteiger partial charge in [-0.2, -0.15) is 0 Å². The van der Waals surface area contributed by atoms with Crippen molar-refractivity contribution in [3.05, 3.63) is 24.3 Å². The summed E-state index contributed by atoms with van der Waals surface area (Å²) in [4.78, 5) is 12.0. The molecule has 0 atom stereocenters. The summed E-state index contributed by atoms with van der Waals surface area (Å²) in [5.74, 6) is 0.389. The zero-order chi connectivity index (χ0) is 12.7. The molecule has 0 heterocycles. The molecule has 0 aliphatic carbocycles. The number of nitrogens with one attached hydrogen (secondary N) is 1. The summed E-state index contributed by atoms with van der Waals surface area (Å²) in [5.41, 5.74) is 0.741. The maximum Gasteiger partial charge on any atom is 0.227 e. The first-order chi connectivity index (χ1) is 8.17. The van der Waals surface area contributed by atoms with Crippen LogP contribution in [0.4, 0.5) is 5.69 Å². The van der Waals surface area contributed by atoms with Gasteiger partial charge in [-0.15, -0.1) is 0 Å². The van der Waals surface area contributed by atoms with Crippen molar-refractivity contribution in [3.8, 4) is 5.75 Å². The number of phenols is 1. The van der Waals surface area contributed by atoms with Crippen molar-refractivity contribution in [1.29, 1.82) is 0 Å². The SMILES string of the molecule is CCCC(CCC)C(=O)Nc1ccc(O)cc1. The average Bonchev–Trinajstić information content (AvgIpc) is 2.32. The molecule has 0 fully saturated rings. The first-order valence-electron chi connectivity index (χ1n) is 6.27. The lowest BCUT2D eigenvalue weighted by molar-refractivity contribution is -0.120. The van der Waals surface area contributed by atoms with E-state index in [9.17, 15) is 4.79 Å². The zero-order valence-electron chi connectivity index (χ0n) is 10.6.